The number of aryl methyl sites for hydroxylation is 1. The summed E-state index contributed by atoms with van der Waals surface area (Å²) >= 11 is 0. The molecule has 26 heavy (non-hydrogen) atoms. The summed E-state index contributed by atoms with van der Waals surface area (Å²) in [6.07, 6.45) is 2.34. The number of rotatable bonds is 2. The SMILES string of the molecule is Cc1c(-c2ccc(F)cc2O)nnc2c([C@@H]3CCCN(C)C3)cccc12. The fraction of sp³-hybridized carbons (Fsp3) is 0.333. The second-order valence-electron chi connectivity index (χ2n) is 7.18. The van der Waals surface area contributed by atoms with Crippen molar-refractivity contribution in [2.24, 2.45) is 0 Å². The standard InChI is InChI=1S/C21H22FN3O/c1-13-16-6-3-7-17(14-5-4-10-25(2)12-14)21(16)24-23-20(13)18-9-8-15(22)11-19(18)26/h3,6-9,11,14,26H,4-5,10,12H2,1-2H3/t14-/m1/s1. The molecule has 1 aliphatic heterocycles. The van der Waals surface area contributed by atoms with Gasteiger partial charge in [0.1, 0.15) is 17.3 Å². The smallest absolute Gasteiger partial charge is 0.127 e. The molecule has 1 atom stereocenters. The van der Waals surface area contributed by atoms with Crippen molar-refractivity contribution in [3.63, 3.8) is 0 Å². The first-order valence-electron chi connectivity index (χ1n) is 8.98. The Kier molecular flexibility index (Phi) is 4.32. The van der Waals surface area contributed by atoms with Crippen molar-refractivity contribution in [2.45, 2.75) is 25.7 Å². The van der Waals surface area contributed by atoms with E-state index in [0.29, 0.717) is 17.2 Å². The van der Waals surface area contributed by atoms with E-state index in [-0.39, 0.29) is 5.75 Å². The van der Waals surface area contributed by atoms with Crippen molar-refractivity contribution in [3.05, 3.63) is 53.3 Å². The van der Waals surface area contributed by atoms with Crippen molar-refractivity contribution < 1.29 is 9.50 Å². The van der Waals surface area contributed by atoms with Gasteiger partial charge in [0.25, 0.3) is 0 Å². The summed E-state index contributed by atoms with van der Waals surface area (Å²) in [7, 11) is 2.16. The first kappa shape index (κ1) is 16.9. The van der Waals surface area contributed by atoms with Gasteiger partial charge in [-0.2, -0.15) is 0 Å². The molecule has 2 aromatic carbocycles. The Morgan fingerprint density at radius 1 is 1.19 bits per heavy atom. The van der Waals surface area contributed by atoms with Crippen LogP contribution in [-0.4, -0.2) is 40.3 Å². The van der Waals surface area contributed by atoms with Gasteiger partial charge in [0.15, 0.2) is 0 Å². The van der Waals surface area contributed by atoms with Crippen LogP contribution in [0.1, 0.15) is 29.9 Å². The highest BCUT2D eigenvalue weighted by Crippen LogP contribution is 2.36. The van der Waals surface area contributed by atoms with Gasteiger partial charge in [-0.05, 0) is 62.5 Å². The van der Waals surface area contributed by atoms with Crippen LogP contribution < -0.4 is 0 Å². The number of hydrogen-bond donors (Lipinski definition) is 1. The van der Waals surface area contributed by atoms with E-state index < -0.39 is 5.82 Å². The number of likely N-dealkylation sites (tertiary alicyclic amines) is 1. The third-order valence-corrected chi connectivity index (χ3v) is 5.36. The number of aromatic nitrogens is 2. The summed E-state index contributed by atoms with van der Waals surface area (Å²) in [6, 6.07) is 10.2. The largest absolute Gasteiger partial charge is 0.507 e. The molecule has 1 aromatic heterocycles. The monoisotopic (exact) mass is 351 g/mol. The minimum Gasteiger partial charge on any atom is -0.507 e. The first-order valence-corrected chi connectivity index (χ1v) is 8.98. The lowest BCUT2D eigenvalue weighted by atomic mass is 9.88. The average molecular weight is 351 g/mol. The molecule has 4 nitrogen and oxygen atoms in total. The summed E-state index contributed by atoms with van der Waals surface area (Å²) in [5.74, 6) is -0.135. The maximum atomic E-state index is 13.3. The maximum Gasteiger partial charge on any atom is 0.127 e. The minimum absolute atomic E-state index is 0.119. The lowest BCUT2D eigenvalue weighted by molar-refractivity contribution is 0.251. The van der Waals surface area contributed by atoms with Crippen LogP contribution in [-0.2, 0) is 0 Å². The molecule has 134 valence electrons. The summed E-state index contributed by atoms with van der Waals surface area (Å²) in [5.41, 5.74) is 4.20. The molecule has 1 aliphatic rings. The van der Waals surface area contributed by atoms with E-state index in [1.807, 2.05) is 13.0 Å². The quantitative estimate of drug-likeness (QED) is 0.749. The molecular weight excluding hydrogens is 329 g/mol. The number of halogens is 1. The second kappa shape index (κ2) is 6.65. The Balaban J connectivity index is 1.84. The zero-order valence-corrected chi connectivity index (χ0v) is 15.0. The van der Waals surface area contributed by atoms with Crippen molar-refractivity contribution in [1.82, 2.24) is 15.1 Å². The Bertz CT molecular complexity index is 973. The summed E-state index contributed by atoms with van der Waals surface area (Å²) in [6.45, 7) is 4.15. The molecule has 1 saturated heterocycles. The van der Waals surface area contributed by atoms with Gasteiger partial charge in [0.05, 0.1) is 5.52 Å². The lowest BCUT2D eigenvalue weighted by Gasteiger charge is -2.30. The van der Waals surface area contributed by atoms with Gasteiger partial charge in [0.2, 0.25) is 0 Å². The molecule has 0 amide bonds. The highest BCUT2D eigenvalue weighted by atomic mass is 19.1. The number of aromatic hydroxyl groups is 1. The van der Waals surface area contributed by atoms with Crippen molar-refractivity contribution >= 4 is 10.9 Å². The maximum absolute atomic E-state index is 13.3. The Labute approximate surface area is 152 Å². The number of nitrogens with zero attached hydrogens (tertiary/aromatic N) is 3. The molecule has 1 fully saturated rings. The van der Waals surface area contributed by atoms with Crippen LogP contribution in [0, 0.1) is 12.7 Å². The number of fused-ring (bicyclic) bond motifs is 1. The summed E-state index contributed by atoms with van der Waals surface area (Å²) in [5, 5.41) is 20.1. The zero-order valence-electron chi connectivity index (χ0n) is 15.0. The van der Waals surface area contributed by atoms with E-state index in [1.54, 1.807) is 6.07 Å². The topological polar surface area (TPSA) is 49.3 Å². The van der Waals surface area contributed by atoms with Crippen LogP contribution >= 0.6 is 0 Å². The van der Waals surface area contributed by atoms with E-state index in [4.69, 9.17) is 0 Å². The molecular formula is C21H22FN3O. The lowest BCUT2D eigenvalue weighted by Crippen LogP contribution is -2.31. The van der Waals surface area contributed by atoms with E-state index in [1.165, 1.54) is 18.1 Å². The predicted octanol–water partition coefficient (Wildman–Crippen LogP) is 4.26. The van der Waals surface area contributed by atoms with Crippen LogP contribution in [0.15, 0.2) is 36.4 Å². The highest BCUT2D eigenvalue weighted by Gasteiger charge is 2.22. The molecule has 1 N–H and O–H groups in total. The third kappa shape index (κ3) is 2.92. The molecule has 0 saturated carbocycles. The third-order valence-electron chi connectivity index (χ3n) is 5.36. The normalized spacial score (nSPS) is 18.3. The number of hydrogen-bond acceptors (Lipinski definition) is 4. The summed E-state index contributed by atoms with van der Waals surface area (Å²) < 4.78 is 13.3. The fourth-order valence-electron chi connectivity index (χ4n) is 3.99. The summed E-state index contributed by atoms with van der Waals surface area (Å²) in [4.78, 5) is 2.36. The minimum atomic E-state index is -0.471. The van der Waals surface area contributed by atoms with Crippen molar-refractivity contribution in [1.29, 1.82) is 0 Å². The molecule has 5 heteroatoms. The molecule has 2 heterocycles. The molecule has 0 aliphatic carbocycles. The number of phenols is 1. The number of benzene rings is 2. The van der Waals surface area contributed by atoms with Crippen LogP contribution in [0.3, 0.4) is 0 Å². The van der Waals surface area contributed by atoms with Gasteiger partial charge in [-0.25, -0.2) is 4.39 Å². The van der Waals surface area contributed by atoms with E-state index in [2.05, 4.69) is 34.3 Å². The molecule has 0 radical (unpaired) electrons. The molecule has 3 aromatic rings. The van der Waals surface area contributed by atoms with E-state index in [0.717, 1.165) is 42.0 Å². The van der Waals surface area contributed by atoms with Crippen molar-refractivity contribution in [2.75, 3.05) is 20.1 Å². The number of phenolic OH excluding ortho intramolecular Hbond substituents is 1. The highest BCUT2D eigenvalue weighted by molar-refractivity contribution is 5.89. The van der Waals surface area contributed by atoms with E-state index >= 15 is 0 Å². The van der Waals surface area contributed by atoms with E-state index in [9.17, 15) is 9.50 Å². The molecule has 0 spiro atoms. The van der Waals surface area contributed by atoms with Crippen molar-refractivity contribution in [3.8, 4) is 17.0 Å². The number of likely N-dealkylation sites (N-methyl/N-ethyl adjacent to an activating group) is 1. The van der Waals surface area contributed by atoms with Gasteiger partial charge in [-0.15, -0.1) is 10.2 Å². The molecule has 0 bridgehead atoms. The first-order chi connectivity index (χ1) is 12.5. The fourth-order valence-corrected chi connectivity index (χ4v) is 3.99. The second-order valence-corrected chi connectivity index (χ2v) is 7.18. The number of piperidine rings is 1. The Morgan fingerprint density at radius 3 is 2.81 bits per heavy atom. The van der Waals surface area contributed by atoms with Crippen LogP contribution in [0.5, 0.6) is 5.75 Å². The van der Waals surface area contributed by atoms with Crippen LogP contribution in [0.25, 0.3) is 22.2 Å². The van der Waals surface area contributed by atoms with Gasteiger partial charge >= 0.3 is 0 Å². The van der Waals surface area contributed by atoms with Crippen LogP contribution in [0.4, 0.5) is 4.39 Å². The Hall–Kier alpha value is -2.53. The van der Waals surface area contributed by atoms with Gasteiger partial charge in [-0.1, -0.05) is 18.2 Å². The zero-order chi connectivity index (χ0) is 18.3. The van der Waals surface area contributed by atoms with Gasteiger partial charge < -0.3 is 10.0 Å². The average Bonchev–Trinajstić information content (AvgIpc) is 2.62. The Morgan fingerprint density at radius 2 is 2.04 bits per heavy atom. The van der Waals surface area contributed by atoms with Gasteiger partial charge in [-0.3, -0.25) is 0 Å². The van der Waals surface area contributed by atoms with Gasteiger partial charge in [0, 0.05) is 23.6 Å². The molecule has 0 unspecified atom stereocenters. The predicted molar refractivity (Wildman–Crippen MR) is 101 cm³/mol. The molecule has 4 rings (SSSR count). The van der Waals surface area contributed by atoms with Crippen LogP contribution in [0.2, 0.25) is 0 Å².